The molecule has 0 aliphatic carbocycles. The summed E-state index contributed by atoms with van der Waals surface area (Å²) in [5.74, 6) is 0.323. The molecule has 4 heteroatoms. The number of aliphatic carboxylic acids is 1. The summed E-state index contributed by atoms with van der Waals surface area (Å²) in [6, 6.07) is 6.94. The molecule has 86 valence electrons. The zero-order chi connectivity index (χ0) is 11.6. The van der Waals surface area contributed by atoms with Crippen molar-refractivity contribution in [3.63, 3.8) is 0 Å². The molecule has 0 saturated carbocycles. The van der Waals surface area contributed by atoms with Crippen LogP contribution < -0.4 is 0 Å². The normalized spacial score (nSPS) is 24.6. The van der Waals surface area contributed by atoms with Gasteiger partial charge in [0.1, 0.15) is 5.67 Å². The lowest BCUT2D eigenvalue weighted by Crippen LogP contribution is -2.21. The summed E-state index contributed by atoms with van der Waals surface area (Å²) >= 11 is 1.58. The third-order valence-corrected chi connectivity index (χ3v) is 3.97. The summed E-state index contributed by atoms with van der Waals surface area (Å²) < 4.78 is 14.5. The fourth-order valence-corrected chi connectivity index (χ4v) is 3.26. The van der Waals surface area contributed by atoms with E-state index in [1.165, 1.54) is 0 Å². The van der Waals surface area contributed by atoms with Crippen LogP contribution in [-0.4, -0.2) is 22.6 Å². The molecule has 1 saturated heterocycles. The number of hydrogen-bond donors (Lipinski definition) is 1. The first-order valence-electron chi connectivity index (χ1n) is 5.19. The molecule has 1 aromatic rings. The van der Waals surface area contributed by atoms with E-state index in [1.54, 1.807) is 36.0 Å². The number of hydrogen-bond acceptors (Lipinski definition) is 2. The van der Waals surface area contributed by atoms with Gasteiger partial charge in [0.15, 0.2) is 0 Å². The smallest absolute Gasteiger partial charge is 0.307 e. The van der Waals surface area contributed by atoms with Gasteiger partial charge in [-0.3, -0.25) is 4.79 Å². The molecule has 0 aromatic heterocycles. The fraction of sp³-hybridized carbons (Fsp3) is 0.417. The third kappa shape index (κ3) is 2.21. The van der Waals surface area contributed by atoms with Crippen molar-refractivity contribution in [1.82, 2.24) is 0 Å². The number of halogens is 1. The number of carboxylic acids is 1. The summed E-state index contributed by atoms with van der Waals surface area (Å²) in [6.45, 7) is 0. The van der Waals surface area contributed by atoms with Gasteiger partial charge in [-0.2, -0.15) is 11.8 Å². The predicted molar refractivity (Wildman–Crippen MR) is 62.5 cm³/mol. The molecule has 2 rings (SSSR count). The van der Waals surface area contributed by atoms with Crippen LogP contribution in [0.4, 0.5) is 4.39 Å². The molecule has 1 N–H and O–H groups in total. The van der Waals surface area contributed by atoms with Crippen LogP contribution in [0.5, 0.6) is 0 Å². The average Bonchev–Trinajstić information content (AvgIpc) is 2.66. The lowest BCUT2D eigenvalue weighted by Gasteiger charge is -2.21. The maximum absolute atomic E-state index is 14.5. The van der Waals surface area contributed by atoms with Gasteiger partial charge in [0, 0.05) is 5.75 Å². The van der Waals surface area contributed by atoms with Crippen molar-refractivity contribution in [3.8, 4) is 0 Å². The molecule has 1 aromatic carbocycles. The van der Waals surface area contributed by atoms with Gasteiger partial charge in [-0.25, -0.2) is 4.39 Å². The van der Waals surface area contributed by atoms with Crippen LogP contribution in [-0.2, 0) is 16.9 Å². The van der Waals surface area contributed by atoms with Crippen LogP contribution in [0.15, 0.2) is 24.3 Å². The number of carboxylic acid groups (broad SMARTS) is 1. The van der Waals surface area contributed by atoms with E-state index < -0.39 is 11.6 Å². The lowest BCUT2D eigenvalue weighted by molar-refractivity contribution is -0.136. The van der Waals surface area contributed by atoms with Crippen molar-refractivity contribution >= 4 is 17.7 Å². The van der Waals surface area contributed by atoms with Crippen molar-refractivity contribution in [1.29, 1.82) is 0 Å². The Kier molecular flexibility index (Phi) is 3.19. The topological polar surface area (TPSA) is 37.3 Å². The summed E-state index contributed by atoms with van der Waals surface area (Å²) in [5.41, 5.74) is -0.182. The molecule has 1 fully saturated rings. The van der Waals surface area contributed by atoms with Gasteiger partial charge in [-0.1, -0.05) is 24.3 Å². The molecule has 0 spiro atoms. The first kappa shape index (κ1) is 11.5. The Bertz CT molecular complexity index is 400. The highest BCUT2D eigenvalue weighted by Gasteiger charge is 2.37. The molecule has 1 atom stereocenters. The van der Waals surface area contributed by atoms with E-state index in [1.807, 2.05) is 0 Å². The number of thioether (sulfide) groups is 1. The zero-order valence-corrected chi connectivity index (χ0v) is 9.60. The summed E-state index contributed by atoms with van der Waals surface area (Å²) in [5, 5.41) is 8.79. The second kappa shape index (κ2) is 4.45. The number of rotatable bonds is 3. The van der Waals surface area contributed by atoms with Gasteiger partial charge >= 0.3 is 5.97 Å². The molecule has 1 aliphatic rings. The molecule has 0 bridgehead atoms. The quantitative estimate of drug-likeness (QED) is 0.882. The van der Waals surface area contributed by atoms with Gasteiger partial charge < -0.3 is 5.11 Å². The van der Waals surface area contributed by atoms with Crippen LogP contribution in [0.1, 0.15) is 17.5 Å². The molecule has 2 nitrogen and oxygen atoms in total. The minimum atomic E-state index is -1.34. The van der Waals surface area contributed by atoms with E-state index in [2.05, 4.69) is 0 Å². The van der Waals surface area contributed by atoms with E-state index in [0.29, 0.717) is 23.3 Å². The maximum Gasteiger partial charge on any atom is 0.307 e. The minimum Gasteiger partial charge on any atom is -0.481 e. The molecule has 16 heavy (non-hydrogen) atoms. The van der Waals surface area contributed by atoms with E-state index in [0.717, 1.165) is 5.75 Å². The second-order valence-electron chi connectivity index (χ2n) is 4.00. The van der Waals surface area contributed by atoms with Crippen molar-refractivity contribution in [2.24, 2.45) is 0 Å². The van der Waals surface area contributed by atoms with E-state index in [9.17, 15) is 9.18 Å². The molecular weight excluding hydrogens is 227 g/mol. The molecule has 0 amide bonds. The monoisotopic (exact) mass is 240 g/mol. The first-order chi connectivity index (χ1) is 7.62. The standard InChI is InChI=1S/C12H13FO2S/c13-12(5-6-16-8-12)10-4-2-1-3-9(10)7-11(14)15/h1-4H,5-8H2,(H,14,15). The minimum absolute atomic E-state index is 0.105. The Balaban J connectivity index is 2.35. The van der Waals surface area contributed by atoms with E-state index in [-0.39, 0.29) is 6.42 Å². The predicted octanol–water partition coefficient (Wildman–Crippen LogP) is 2.62. The number of benzene rings is 1. The number of carbonyl (C=O) groups is 1. The summed E-state index contributed by atoms with van der Waals surface area (Å²) in [7, 11) is 0. The Labute approximate surface area is 97.9 Å². The van der Waals surface area contributed by atoms with Crippen LogP contribution in [0.2, 0.25) is 0 Å². The summed E-state index contributed by atoms with van der Waals surface area (Å²) in [4.78, 5) is 10.7. The van der Waals surface area contributed by atoms with Crippen LogP contribution in [0.3, 0.4) is 0 Å². The zero-order valence-electron chi connectivity index (χ0n) is 8.78. The highest BCUT2D eigenvalue weighted by Crippen LogP contribution is 2.41. The molecule has 1 heterocycles. The van der Waals surface area contributed by atoms with Crippen molar-refractivity contribution in [2.75, 3.05) is 11.5 Å². The van der Waals surface area contributed by atoms with Gasteiger partial charge in [-0.15, -0.1) is 0 Å². The molecule has 1 unspecified atom stereocenters. The first-order valence-corrected chi connectivity index (χ1v) is 6.34. The highest BCUT2D eigenvalue weighted by molar-refractivity contribution is 7.99. The van der Waals surface area contributed by atoms with E-state index in [4.69, 9.17) is 5.11 Å². The molecular formula is C12H13FO2S. The van der Waals surface area contributed by atoms with Gasteiger partial charge in [0.05, 0.1) is 6.42 Å². The Hall–Kier alpha value is -1.03. The largest absolute Gasteiger partial charge is 0.481 e. The molecule has 1 aliphatic heterocycles. The second-order valence-corrected chi connectivity index (χ2v) is 5.10. The Morgan fingerprint density at radius 2 is 2.25 bits per heavy atom. The average molecular weight is 240 g/mol. The Morgan fingerprint density at radius 3 is 2.88 bits per heavy atom. The van der Waals surface area contributed by atoms with E-state index >= 15 is 0 Å². The van der Waals surface area contributed by atoms with Crippen molar-refractivity contribution in [2.45, 2.75) is 18.5 Å². The van der Waals surface area contributed by atoms with Gasteiger partial charge in [-0.05, 0) is 23.3 Å². The van der Waals surface area contributed by atoms with Crippen molar-refractivity contribution in [3.05, 3.63) is 35.4 Å². The highest BCUT2D eigenvalue weighted by atomic mass is 32.2. The van der Waals surface area contributed by atoms with Gasteiger partial charge in [0.2, 0.25) is 0 Å². The van der Waals surface area contributed by atoms with Crippen LogP contribution in [0.25, 0.3) is 0 Å². The van der Waals surface area contributed by atoms with Crippen molar-refractivity contribution < 1.29 is 14.3 Å². The lowest BCUT2D eigenvalue weighted by atomic mass is 9.90. The molecule has 0 radical (unpaired) electrons. The van der Waals surface area contributed by atoms with Gasteiger partial charge in [0.25, 0.3) is 0 Å². The number of alkyl halides is 1. The fourth-order valence-electron chi connectivity index (χ4n) is 2.03. The maximum atomic E-state index is 14.5. The summed E-state index contributed by atoms with van der Waals surface area (Å²) in [6.07, 6.45) is 0.376. The third-order valence-electron chi connectivity index (χ3n) is 2.82. The SMILES string of the molecule is O=C(O)Cc1ccccc1C1(F)CCSC1. The van der Waals surface area contributed by atoms with Crippen LogP contribution >= 0.6 is 11.8 Å². The van der Waals surface area contributed by atoms with Crippen LogP contribution in [0, 0.1) is 0 Å². The Morgan fingerprint density at radius 1 is 1.50 bits per heavy atom.